The number of carbonyl (C=O) groups excluding carboxylic acids is 1. The van der Waals surface area contributed by atoms with Gasteiger partial charge in [-0.3, -0.25) is 4.79 Å². The lowest BCUT2D eigenvalue weighted by molar-refractivity contribution is -0.147. The molecule has 1 N–H and O–H groups in total. The SMILES string of the molecule is COCc1ccc(C(=O)N2CCOC[C@@H]2C(=O)O)o1. The van der Waals surface area contributed by atoms with E-state index in [1.807, 2.05) is 0 Å². The molecule has 7 nitrogen and oxygen atoms in total. The third kappa shape index (κ3) is 2.94. The van der Waals surface area contributed by atoms with Gasteiger partial charge in [-0.05, 0) is 12.1 Å². The zero-order chi connectivity index (χ0) is 13.8. The third-order valence-corrected chi connectivity index (χ3v) is 2.83. The minimum atomic E-state index is -1.09. The summed E-state index contributed by atoms with van der Waals surface area (Å²) in [4.78, 5) is 24.5. The topological polar surface area (TPSA) is 89.2 Å². The van der Waals surface area contributed by atoms with Gasteiger partial charge in [0.1, 0.15) is 12.4 Å². The van der Waals surface area contributed by atoms with Crippen LogP contribution < -0.4 is 0 Å². The van der Waals surface area contributed by atoms with Gasteiger partial charge < -0.3 is 23.9 Å². The predicted molar refractivity (Wildman–Crippen MR) is 62.7 cm³/mol. The summed E-state index contributed by atoms with van der Waals surface area (Å²) in [6.07, 6.45) is 0. The van der Waals surface area contributed by atoms with Crippen LogP contribution in [0.3, 0.4) is 0 Å². The molecular weight excluding hydrogens is 254 g/mol. The van der Waals surface area contributed by atoms with Gasteiger partial charge in [-0.2, -0.15) is 0 Å². The van der Waals surface area contributed by atoms with Crippen LogP contribution in [-0.4, -0.2) is 54.8 Å². The summed E-state index contributed by atoms with van der Waals surface area (Å²) in [5.41, 5.74) is 0. The number of rotatable bonds is 4. The molecule has 0 aromatic carbocycles. The fraction of sp³-hybridized carbons (Fsp3) is 0.500. The molecule has 0 unspecified atom stereocenters. The quantitative estimate of drug-likeness (QED) is 0.848. The van der Waals surface area contributed by atoms with Crippen molar-refractivity contribution < 1.29 is 28.6 Å². The Balaban J connectivity index is 2.14. The average molecular weight is 269 g/mol. The molecule has 19 heavy (non-hydrogen) atoms. The van der Waals surface area contributed by atoms with Crippen molar-refractivity contribution in [2.75, 3.05) is 26.9 Å². The molecule has 1 aromatic heterocycles. The summed E-state index contributed by atoms with van der Waals surface area (Å²) < 4.78 is 15.3. The number of carboxylic acid groups (broad SMARTS) is 1. The average Bonchev–Trinajstić information content (AvgIpc) is 2.87. The summed E-state index contributed by atoms with van der Waals surface area (Å²) >= 11 is 0. The van der Waals surface area contributed by atoms with Crippen LogP contribution in [0, 0.1) is 0 Å². The van der Waals surface area contributed by atoms with Crippen LogP contribution >= 0.6 is 0 Å². The Labute approximate surface area is 109 Å². The Morgan fingerprint density at radius 2 is 2.32 bits per heavy atom. The van der Waals surface area contributed by atoms with Crippen LogP contribution in [0.15, 0.2) is 16.5 Å². The zero-order valence-corrected chi connectivity index (χ0v) is 10.5. The molecule has 1 aliphatic rings. The second-order valence-electron chi connectivity index (χ2n) is 4.13. The van der Waals surface area contributed by atoms with Crippen LogP contribution in [-0.2, 0) is 20.9 Å². The van der Waals surface area contributed by atoms with Crippen molar-refractivity contribution in [2.24, 2.45) is 0 Å². The standard InChI is InChI=1S/C12H15NO6/c1-17-6-8-2-3-10(19-8)11(14)13-4-5-18-7-9(13)12(15)16/h2-3,9H,4-7H2,1H3,(H,15,16)/t9-/m1/s1. The summed E-state index contributed by atoms with van der Waals surface area (Å²) in [6, 6.07) is 2.18. The molecule has 1 fully saturated rings. The first-order valence-corrected chi connectivity index (χ1v) is 5.82. The smallest absolute Gasteiger partial charge is 0.328 e. The fourth-order valence-corrected chi connectivity index (χ4v) is 1.91. The minimum Gasteiger partial charge on any atom is -0.480 e. The second-order valence-corrected chi connectivity index (χ2v) is 4.13. The lowest BCUT2D eigenvalue weighted by Crippen LogP contribution is -2.52. The molecule has 104 valence electrons. The predicted octanol–water partition coefficient (Wildman–Crippen LogP) is 0.352. The van der Waals surface area contributed by atoms with E-state index in [9.17, 15) is 9.59 Å². The lowest BCUT2D eigenvalue weighted by atomic mass is 10.2. The lowest BCUT2D eigenvalue weighted by Gasteiger charge is -2.32. The maximum Gasteiger partial charge on any atom is 0.328 e. The van der Waals surface area contributed by atoms with E-state index < -0.39 is 17.9 Å². The number of furan rings is 1. The molecule has 2 heterocycles. The zero-order valence-electron chi connectivity index (χ0n) is 10.5. The molecule has 0 radical (unpaired) electrons. The van der Waals surface area contributed by atoms with Gasteiger partial charge in [-0.25, -0.2) is 4.79 Å². The number of carbonyl (C=O) groups is 2. The summed E-state index contributed by atoms with van der Waals surface area (Å²) in [5, 5.41) is 9.07. The van der Waals surface area contributed by atoms with E-state index >= 15 is 0 Å². The van der Waals surface area contributed by atoms with E-state index in [4.69, 9.17) is 19.0 Å². The van der Waals surface area contributed by atoms with Crippen molar-refractivity contribution in [1.29, 1.82) is 0 Å². The van der Waals surface area contributed by atoms with Crippen LogP contribution in [0.2, 0.25) is 0 Å². The van der Waals surface area contributed by atoms with E-state index in [1.54, 1.807) is 6.07 Å². The maximum atomic E-state index is 12.2. The summed E-state index contributed by atoms with van der Waals surface area (Å²) in [5.74, 6) is -0.902. The molecule has 0 bridgehead atoms. The number of amides is 1. The number of aliphatic carboxylic acids is 1. The Bertz CT molecular complexity index is 469. The number of nitrogens with zero attached hydrogens (tertiary/aromatic N) is 1. The maximum absolute atomic E-state index is 12.2. The van der Waals surface area contributed by atoms with Crippen molar-refractivity contribution in [3.63, 3.8) is 0 Å². The van der Waals surface area contributed by atoms with Crippen LogP contribution in [0.4, 0.5) is 0 Å². The first-order valence-electron chi connectivity index (χ1n) is 5.82. The third-order valence-electron chi connectivity index (χ3n) is 2.83. The molecule has 2 rings (SSSR count). The first-order chi connectivity index (χ1) is 9.13. The second kappa shape index (κ2) is 5.85. The van der Waals surface area contributed by atoms with E-state index in [0.717, 1.165) is 0 Å². The minimum absolute atomic E-state index is 0.00723. The highest BCUT2D eigenvalue weighted by Crippen LogP contribution is 2.16. The van der Waals surface area contributed by atoms with Crippen molar-refractivity contribution in [1.82, 2.24) is 4.90 Å². The van der Waals surface area contributed by atoms with E-state index in [1.165, 1.54) is 18.1 Å². The van der Waals surface area contributed by atoms with Crippen LogP contribution in [0.1, 0.15) is 16.3 Å². The number of methoxy groups -OCH3 is 1. The van der Waals surface area contributed by atoms with Gasteiger partial charge in [0.2, 0.25) is 0 Å². The fourth-order valence-electron chi connectivity index (χ4n) is 1.91. The van der Waals surface area contributed by atoms with Crippen molar-refractivity contribution in [2.45, 2.75) is 12.6 Å². The first kappa shape index (κ1) is 13.6. The molecule has 7 heteroatoms. The molecule has 1 aliphatic heterocycles. The van der Waals surface area contributed by atoms with Gasteiger partial charge in [0.05, 0.1) is 13.2 Å². The van der Waals surface area contributed by atoms with Gasteiger partial charge >= 0.3 is 5.97 Å². The van der Waals surface area contributed by atoms with Crippen molar-refractivity contribution >= 4 is 11.9 Å². The van der Waals surface area contributed by atoms with Crippen LogP contribution in [0.5, 0.6) is 0 Å². The molecule has 1 saturated heterocycles. The molecule has 1 atom stereocenters. The summed E-state index contributed by atoms with van der Waals surface area (Å²) in [7, 11) is 1.52. The highest BCUT2D eigenvalue weighted by atomic mass is 16.5. The summed E-state index contributed by atoms with van der Waals surface area (Å²) in [6.45, 7) is 0.808. The Morgan fingerprint density at radius 3 is 3.00 bits per heavy atom. The Morgan fingerprint density at radius 1 is 1.53 bits per heavy atom. The molecule has 1 amide bonds. The van der Waals surface area contributed by atoms with Crippen LogP contribution in [0.25, 0.3) is 0 Å². The normalized spacial score (nSPS) is 19.4. The Kier molecular flexibility index (Phi) is 4.18. The largest absolute Gasteiger partial charge is 0.480 e. The molecule has 0 saturated carbocycles. The van der Waals surface area contributed by atoms with Crippen molar-refractivity contribution in [3.05, 3.63) is 23.7 Å². The van der Waals surface area contributed by atoms with E-state index in [0.29, 0.717) is 12.4 Å². The monoisotopic (exact) mass is 269 g/mol. The number of hydrogen-bond donors (Lipinski definition) is 1. The van der Waals surface area contributed by atoms with Crippen molar-refractivity contribution in [3.8, 4) is 0 Å². The number of carboxylic acids is 1. The van der Waals surface area contributed by atoms with Gasteiger partial charge in [0.15, 0.2) is 11.8 Å². The molecule has 0 spiro atoms. The number of morpholine rings is 1. The highest BCUT2D eigenvalue weighted by Gasteiger charge is 2.34. The molecule has 0 aliphatic carbocycles. The molecule has 1 aromatic rings. The van der Waals surface area contributed by atoms with Gasteiger partial charge in [0.25, 0.3) is 5.91 Å². The highest BCUT2D eigenvalue weighted by molar-refractivity contribution is 5.94. The van der Waals surface area contributed by atoms with E-state index in [-0.39, 0.29) is 25.5 Å². The number of hydrogen-bond acceptors (Lipinski definition) is 5. The van der Waals surface area contributed by atoms with Gasteiger partial charge in [0, 0.05) is 13.7 Å². The molecular formula is C12H15NO6. The van der Waals surface area contributed by atoms with E-state index in [2.05, 4.69) is 0 Å². The Hall–Kier alpha value is -1.86. The van der Waals surface area contributed by atoms with Gasteiger partial charge in [-0.15, -0.1) is 0 Å². The van der Waals surface area contributed by atoms with Gasteiger partial charge in [-0.1, -0.05) is 0 Å². The number of ether oxygens (including phenoxy) is 2.